The predicted molar refractivity (Wildman–Crippen MR) is 110 cm³/mol. The van der Waals surface area contributed by atoms with Gasteiger partial charge in [-0.25, -0.2) is 0 Å². The maximum absolute atomic E-state index is 13.1. The SMILES string of the molecule is CCOC(=O)[C@@]12CC[C@@H](N3CCOCC3)C[C@H]1CCN(CCCn1cccn1)C2. The monoisotopic (exact) mass is 404 g/mol. The maximum atomic E-state index is 13.1. The second-order valence-electron chi connectivity index (χ2n) is 8.84. The largest absolute Gasteiger partial charge is 0.466 e. The Morgan fingerprint density at radius 1 is 1.24 bits per heavy atom. The molecule has 3 atom stereocenters. The maximum Gasteiger partial charge on any atom is 0.313 e. The number of esters is 1. The van der Waals surface area contributed by atoms with Crippen molar-refractivity contribution in [1.29, 1.82) is 0 Å². The molecule has 0 radical (unpaired) electrons. The first-order valence-electron chi connectivity index (χ1n) is 11.4. The van der Waals surface area contributed by atoms with Gasteiger partial charge in [0.05, 0.1) is 25.2 Å². The molecule has 4 rings (SSSR count). The summed E-state index contributed by atoms with van der Waals surface area (Å²) in [7, 11) is 0. The lowest BCUT2D eigenvalue weighted by Crippen LogP contribution is -2.59. The van der Waals surface area contributed by atoms with Crippen LogP contribution in [0.15, 0.2) is 18.5 Å². The summed E-state index contributed by atoms with van der Waals surface area (Å²) in [5.41, 5.74) is -0.317. The van der Waals surface area contributed by atoms with Crippen molar-refractivity contribution in [2.75, 3.05) is 52.5 Å². The first-order chi connectivity index (χ1) is 14.2. The first-order valence-corrected chi connectivity index (χ1v) is 11.4. The van der Waals surface area contributed by atoms with E-state index in [-0.39, 0.29) is 11.4 Å². The smallest absolute Gasteiger partial charge is 0.313 e. The molecular formula is C22H36N4O3. The Kier molecular flexibility index (Phi) is 6.88. The number of carbonyl (C=O) groups excluding carboxylic acids is 1. The van der Waals surface area contributed by atoms with Crippen LogP contribution in [0, 0.1) is 11.3 Å². The predicted octanol–water partition coefficient (Wildman–Crippen LogP) is 2.03. The quantitative estimate of drug-likeness (QED) is 0.648. The number of fused-ring (bicyclic) bond motifs is 1. The Labute approximate surface area is 174 Å². The number of piperidine rings is 1. The van der Waals surface area contributed by atoms with Crippen LogP contribution in [-0.2, 0) is 20.8 Å². The second-order valence-corrected chi connectivity index (χ2v) is 8.84. The fraction of sp³-hybridized carbons (Fsp3) is 0.818. The number of likely N-dealkylation sites (tertiary alicyclic amines) is 1. The van der Waals surface area contributed by atoms with E-state index in [4.69, 9.17) is 9.47 Å². The van der Waals surface area contributed by atoms with E-state index in [1.807, 2.05) is 30.1 Å². The van der Waals surface area contributed by atoms with Gasteiger partial charge in [-0.3, -0.25) is 14.4 Å². The highest BCUT2D eigenvalue weighted by Gasteiger charge is 2.53. The molecular weight excluding hydrogens is 368 g/mol. The summed E-state index contributed by atoms with van der Waals surface area (Å²) in [5, 5.41) is 4.29. The number of hydrogen-bond acceptors (Lipinski definition) is 6. The minimum Gasteiger partial charge on any atom is -0.466 e. The molecule has 0 amide bonds. The molecule has 0 unspecified atom stereocenters. The fourth-order valence-electron chi connectivity index (χ4n) is 5.68. The van der Waals surface area contributed by atoms with E-state index >= 15 is 0 Å². The molecule has 0 aromatic carbocycles. The zero-order valence-corrected chi connectivity index (χ0v) is 17.8. The van der Waals surface area contributed by atoms with Crippen molar-refractivity contribution in [2.24, 2.45) is 11.3 Å². The van der Waals surface area contributed by atoms with Gasteiger partial charge in [0, 0.05) is 44.6 Å². The zero-order chi connectivity index (χ0) is 20.1. The van der Waals surface area contributed by atoms with E-state index in [0.29, 0.717) is 18.6 Å². The van der Waals surface area contributed by atoms with Crippen LogP contribution in [0.25, 0.3) is 0 Å². The van der Waals surface area contributed by atoms with Gasteiger partial charge in [-0.05, 0) is 64.1 Å². The molecule has 0 spiro atoms. The number of ether oxygens (including phenoxy) is 2. The molecule has 7 heteroatoms. The van der Waals surface area contributed by atoms with E-state index in [1.54, 1.807) is 0 Å². The number of rotatable bonds is 7. The van der Waals surface area contributed by atoms with Crippen LogP contribution in [0.5, 0.6) is 0 Å². The Morgan fingerprint density at radius 2 is 2.10 bits per heavy atom. The number of aromatic nitrogens is 2. The highest BCUT2D eigenvalue weighted by molar-refractivity contribution is 5.78. The molecule has 29 heavy (non-hydrogen) atoms. The topological polar surface area (TPSA) is 59.8 Å². The fourth-order valence-corrected chi connectivity index (χ4v) is 5.68. The van der Waals surface area contributed by atoms with Gasteiger partial charge in [0.25, 0.3) is 0 Å². The Hall–Kier alpha value is -1.44. The van der Waals surface area contributed by atoms with Crippen LogP contribution in [0.4, 0.5) is 0 Å². The molecule has 1 aromatic heterocycles. The van der Waals surface area contributed by atoms with E-state index in [9.17, 15) is 4.79 Å². The van der Waals surface area contributed by atoms with Gasteiger partial charge in [0.2, 0.25) is 0 Å². The number of aryl methyl sites for hydroxylation is 1. The minimum absolute atomic E-state index is 0.0437. The molecule has 2 saturated heterocycles. The molecule has 162 valence electrons. The van der Waals surface area contributed by atoms with Crippen molar-refractivity contribution in [2.45, 2.75) is 51.6 Å². The third kappa shape index (κ3) is 4.67. The molecule has 0 bridgehead atoms. The molecule has 7 nitrogen and oxygen atoms in total. The summed E-state index contributed by atoms with van der Waals surface area (Å²) in [4.78, 5) is 18.2. The van der Waals surface area contributed by atoms with Crippen LogP contribution in [0.2, 0.25) is 0 Å². The zero-order valence-electron chi connectivity index (χ0n) is 17.8. The van der Waals surface area contributed by atoms with Crippen LogP contribution in [-0.4, -0.2) is 84.1 Å². The van der Waals surface area contributed by atoms with E-state index in [1.165, 1.54) is 0 Å². The van der Waals surface area contributed by atoms with Gasteiger partial charge < -0.3 is 14.4 Å². The highest BCUT2D eigenvalue weighted by Crippen LogP contribution is 2.48. The van der Waals surface area contributed by atoms with Gasteiger partial charge >= 0.3 is 5.97 Å². The molecule has 3 aliphatic rings. The van der Waals surface area contributed by atoms with E-state index in [2.05, 4.69) is 14.9 Å². The minimum atomic E-state index is -0.317. The molecule has 2 aliphatic heterocycles. The van der Waals surface area contributed by atoms with Crippen LogP contribution < -0.4 is 0 Å². The molecule has 3 fully saturated rings. The second kappa shape index (κ2) is 9.58. The number of nitrogens with zero attached hydrogens (tertiary/aromatic N) is 4. The molecule has 0 N–H and O–H groups in total. The molecule has 1 aliphatic carbocycles. The standard InChI is InChI=1S/C22H36N4O3/c1-2-29-21(27)22-7-5-20(25-13-15-28-16-14-25)17-19(22)6-12-24(18-22)9-4-11-26-10-3-8-23-26/h3,8,10,19-20H,2,4-7,9,11-18H2,1H3/t19-,20-,22-/m1/s1. The van der Waals surface area contributed by atoms with Gasteiger partial charge in [0.1, 0.15) is 0 Å². The van der Waals surface area contributed by atoms with Crippen LogP contribution >= 0.6 is 0 Å². The first kappa shape index (κ1) is 20.8. The highest BCUT2D eigenvalue weighted by atomic mass is 16.5. The van der Waals surface area contributed by atoms with Crippen molar-refractivity contribution in [3.05, 3.63) is 18.5 Å². The number of hydrogen-bond donors (Lipinski definition) is 0. The summed E-state index contributed by atoms with van der Waals surface area (Å²) in [5.74, 6) is 0.479. The van der Waals surface area contributed by atoms with Gasteiger partial charge in [-0.2, -0.15) is 5.10 Å². The Balaban J connectivity index is 1.39. The lowest BCUT2D eigenvalue weighted by molar-refractivity contribution is -0.169. The average Bonchev–Trinajstić information content (AvgIpc) is 3.27. The Morgan fingerprint density at radius 3 is 2.86 bits per heavy atom. The Bertz CT molecular complexity index is 646. The van der Waals surface area contributed by atoms with Crippen molar-refractivity contribution < 1.29 is 14.3 Å². The lowest BCUT2D eigenvalue weighted by atomic mass is 9.61. The van der Waals surface area contributed by atoms with E-state index < -0.39 is 0 Å². The van der Waals surface area contributed by atoms with Crippen molar-refractivity contribution >= 4 is 5.97 Å². The van der Waals surface area contributed by atoms with Crippen LogP contribution in [0.1, 0.15) is 39.0 Å². The number of carbonyl (C=O) groups is 1. The van der Waals surface area contributed by atoms with Gasteiger partial charge in [0.15, 0.2) is 0 Å². The molecule has 1 saturated carbocycles. The van der Waals surface area contributed by atoms with Crippen LogP contribution in [0.3, 0.4) is 0 Å². The number of morpholine rings is 1. The van der Waals surface area contributed by atoms with E-state index in [0.717, 1.165) is 84.6 Å². The summed E-state index contributed by atoms with van der Waals surface area (Å²) in [6, 6.07) is 2.56. The van der Waals surface area contributed by atoms with Crippen molar-refractivity contribution in [3.63, 3.8) is 0 Å². The van der Waals surface area contributed by atoms with Gasteiger partial charge in [-0.15, -0.1) is 0 Å². The lowest BCUT2D eigenvalue weighted by Gasteiger charge is -2.52. The molecule has 1 aromatic rings. The summed E-state index contributed by atoms with van der Waals surface area (Å²) in [6.45, 7) is 10.0. The normalized spacial score (nSPS) is 31.3. The molecule has 3 heterocycles. The summed E-state index contributed by atoms with van der Waals surface area (Å²) in [6.07, 6.45) is 9.17. The average molecular weight is 405 g/mol. The van der Waals surface area contributed by atoms with Crippen molar-refractivity contribution in [3.8, 4) is 0 Å². The third-order valence-electron chi connectivity index (χ3n) is 7.23. The third-order valence-corrected chi connectivity index (χ3v) is 7.23. The van der Waals surface area contributed by atoms with Crippen molar-refractivity contribution in [1.82, 2.24) is 19.6 Å². The van der Waals surface area contributed by atoms with Gasteiger partial charge in [-0.1, -0.05) is 0 Å². The summed E-state index contributed by atoms with van der Waals surface area (Å²) >= 11 is 0. The summed E-state index contributed by atoms with van der Waals surface area (Å²) < 4.78 is 13.1.